The van der Waals surface area contributed by atoms with E-state index in [0.29, 0.717) is 0 Å². The lowest BCUT2D eigenvalue weighted by Gasteiger charge is -2.12. The van der Waals surface area contributed by atoms with Crippen molar-refractivity contribution >= 4 is 0 Å². The highest BCUT2D eigenvalue weighted by Gasteiger charge is 2.25. The average molecular weight is 381 g/mol. The van der Waals surface area contributed by atoms with Crippen molar-refractivity contribution in [3.8, 4) is 33.8 Å². The zero-order valence-corrected chi connectivity index (χ0v) is 17.9. The van der Waals surface area contributed by atoms with Crippen molar-refractivity contribution in [2.24, 2.45) is 14.1 Å². The number of aromatic nitrogens is 2. The van der Waals surface area contributed by atoms with Gasteiger partial charge in [0.25, 0.3) is 11.4 Å². The van der Waals surface area contributed by atoms with E-state index in [1.54, 1.807) is 0 Å². The Morgan fingerprint density at radius 2 is 1.31 bits per heavy atom. The highest BCUT2D eigenvalue weighted by Crippen LogP contribution is 2.31. The first-order valence-corrected chi connectivity index (χ1v) is 10.1. The Morgan fingerprint density at radius 1 is 0.586 bits per heavy atom. The third-order valence-electron chi connectivity index (χ3n) is 5.74. The second-order valence-corrected chi connectivity index (χ2v) is 7.90. The molecule has 4 rings (SSSR count). The van der Waals surface area contributed by atoms with E-state index in [9.17, 15) is 0 Å². The monoisotopic (exact) mass is 380 g/mol. The molecule has 0 radical (unpaired) electrons. The topological polar surface area (TPSA) is 7.76 Å². The summed E-state index contributed by atoms with van der Waals surface area (Å²) in [5.74, 6) is 0. The second kappa shape index (κ2) is 7.63. The van der Waals surface area contributed by atoms with Crippen LogP contribution in [0.25, 0.3) is 33.8 Å². The molecule has 2 aromatic carbocycles. The van der Waals surface area contributed by atoms with Gasteiger partial charge in [-0.3, -0.25) is 0 Å². The Hall–Kier alpha value is -3.26. The molecule has 0 saturated heterocycles. The summed E-state index contributed by atoms with van der Waals surface area (Å²) in [6.07, 6.45) is 2.10. The van der Waals surface area contributed by atoms with Crippen LogP contribution in [0.1, 0.15) is 16.7 Å². The molecule has 0 N–H and O–H groups in total. The average Bonchev–Trinajstić information content (AvgIpc) is 2.70. The van der Waals surface area contributed by atoms with Crippen LogP contribution in [0.5, 0.6) is 0 Å². The van der Waals surface area contributed by atoms with Gasteiger partial charge >= 0.3 is 0 Å². The lowest BCUT2D eigenvalue weighted by molar-refractivity contribution is -0.685. The first kappa shape index (κ1) is 19.1. The SMILES string of the molecule is Cc1ccc(-c2cc(-c3ccccc3C)[n+](C)c(-c3cccc[n+]3C)c2)c(C)c1. The summed E-state index contributed by atoms with van der Waals surface area (Å²) in [5.41, 5.74) is 11.3. The Morgan fingerprint density at radius 3 is 2.03 bits per heavy atom. The molecule has 0 aliphatic rings. The number of nitrogens with zero attached hydrogens (tertiary/aromatic N) is 2. The van der Waals surface area contributed by atoms with Gasteiger partial charge in [0.2, 0.25) is 5.69 Å². The van der Waals surface area contributed by atoms with E-state index in [2.05, 4.69) is 123 Å². The van der Waals surface area contributed by atoms with Crippen molar-refractivity contribution < 1.29 is 9.13 Å². The number of pyridine rings is 2. The van der Waals surface area contributed by atoms with Gasteiger partial charge in [0.05, 0.1) is 0 Å². The number of aryl methyl sites for hydroxylation is 4. The Kier molecular flexibility index (Phi) is 5.02. The summed E-state index contributed by atoms with van der Waals surface area (Å²) in [5, 5.41) is 0. The standard InChI is InChI=1S/C27H28N2/c1-19-13-14-23(21(3)16-19)22-17-26(24-11-7-6-10-20(24)2)29(5)27(18-22)25-12-8-9-15-28(25)4/h6-18H,1-5H3/q+2. The maximum Gasteiger partial charge on any atom is 0.278 e. The van der Waals surface area contributed by atoms with Crippen LogP contribution in [0.15, 0.2) is 79.0 Å². The zero-order chi connectivity index (χ0) is 20.5. The van der Waals surface area contributed by atoms with Crippen LogP contribution in [-0.4, -0.2) is 0 Å². The van der Waals surface area contributed by atoms with E-state index in [-0.39, 0.29) is 0 Å². The molecule has 0 aliphatic heterocycles. The van der Waals surface area contributed by atoms with Crippen LogP contribution in [0.3, 0.4) is 0 Å². The highest BCUT2D eigenvalue weighted by molar-refractivity contribution is 5.75. The van der Waals surface area contributed by atoms with E-state index >= 15 is 0 Å². The second-order valence-electron chi connectivity index (χ2n) is 7.90. The fourth-order valence-electron chi connectivity index (χ4n) is 4.11. The Labute approximate surface area is 173 Å². The first-order valence-electron chi connectivity index (χ1n) is 10.1. The van der Waals surface area contributed by atoms with E-state index < -0.39 is 0 Å². The smallest absolute Gasteiger partial charge is 0.196 e. The molecule has 0 spiro atoms. The molecule has 0 aliphatic carbocycles. The molecule has 0 unspecified atom stereocenters. The molecule has 2 heteroatoms. The molecule has 2 aromatic heterocycles. The van der Waals surface area contributed by atoms with Crippen LogP contribution in [0.2, 0.25) is 0 Å². The maximum absolute atomic E-state index is 2.33. The van der Waals surface area contributed by atoms with Crippen molar-refractivity contribution in [2.45, 2.75) is 20.8 Å². The molecule has 0 fully saturated rings. The van der Waals surface area contributed by atoms with Gasteiger partial charge in [-0.1, -0.05) is 42.0 Å². The van der Waals surface area contributed by atoms with Gasteiger partial charge in [0, 0.05) is 29.8 Å². The summed E-state index contributed by atoms with van der Waals surface area (Å²) < 4.78 is 4.49. The van der Waals surface area contributed by atoms with E-state index in [1.807, 2.05) is 0 Å². The normalized spacial score (nSPS) is 10.9. The quantitative estimate of drug-likeness (QED) is 0.428. The van der Waals surface area contributed by atoms with Gasteiger partial charge in [-0.05, 0) is 55.2 Å². The summed E-state index contributed by atoms with van der Waals surface area (Å²) in [7, 11) is 4.27. The van der Waals surface area contributed by atoms with Gasteiger partial charge in [0.1, 0.15) is 14.1 Å². The third-order valence-corrected chi connectivity index (χ3v) is 5.74. The maximum atomic E-state index is 2.33. The highest BCUT2D eigenvalue weighted by atomic mass is 15.0. The van der Waals surface area contributed by atoms with Gasteiger partial charge in [-0.15, -0.1) is 0 Å². The minimum atomic E-state index is 1.19. The van der Waals surface area contributed by atoms with Crippen LogP contribution >= 0.6 is 0 Å². The molecular weight excluding hydrogens is 352 g/mol. The Bertz CT molecular complexity index is 1140. The van der Waals surface area contributed by atoms with E-state index in [0.717, 1.165) is 0 Å². The largest absolute Gasteiger partial charge is 0.278 e. The lowest BCUT2D eigenvalue weighted by Crippen LogP contribution is -2.40. The number of hydrogen-bond donors (Lipinski definition) is 0. The molecule has 2 nitrogen and oxygen atoms in total. The number of rotatable bonds is 3. The molecule has 0 bridgehead atoms. The molecule has 0 atom stereocenters. The van der Waals surface area contributed by atoms with Crippen molar-refractivity contribution in [1.82, 2.24) is 0 Å². The predicted molar refractivity (Wildman–Crippen MR) is 119 cm³/mol. The van der Waals surface area contributed by atoms with E-state index in [1.165, 1.54) is 50.5 Å². The van der Waals surface area contributed by atoms with Gasteiger partial charge in [-0.25, -0.2) is 0 Å². The fraction of sp³-hybridized carbons (Fsp3) is 0.185. The minimum absolute atomic E-state index is 1.19. The third kappa shape index (κ3) is 3.58. The summed E-state index contributed by atoms with van der Waals surface area (Å²) in [6.45, 7) is 6.53. The molecule has 0 saturated carbocycles. The van der Waals surface area contributed by atoms with Crippen LogP contribution in [0.4, 0.5) is 0 Å². The molecule has 144 valence electrons. The molecular formula is C27H28N2+2. The molecule has 0 amide bonds. The molecule has 2 heterocycles. The van der Waals surface area contributed by atoms with Crippen molar-refractivity contribution in [1.29, 1.82) is 0 Å². The van der Waals surface area contributed by atoms with Crippen molar-refractivity contribution in [2.75, 3.05) is 0 Å². The van der Waals surface area contributed by atoms with Gasteiger partial charge in [0.15, 0.2) is 6.20 Å². The van der Waals surface area contributed by atoms with Gasteiger partial charge < -0.3 is 0 Å². The molecule has 4 aromatic rings. The summed E-state index contributed by atoms with van der Waals surface area (Å²) in [4.78, 5) is 0. The van der Waals surface area contributed by atoms with Crippen LogP contribution in [-0.2, 0) is 14.1 Å². The summed E-state index contributed by atoms with van der Waals surface area (Å²) in [6, 6.07) is 26.3. The van der Waals surface area contributed by atoms with Crippen LogP contribution in [0, 0.1) is 20.8 Å². The van der Waals surface area contributed by atoms with Crippen molar-refractivity contribution in [3.63, 3.8) is 0 Å². The zero-order valence-electron chi connectivity index (χ0n) is 17.9. The first-order chi connectivity index (χ1) is 14.0. The summed E-state index contributed by atoms with van der Waals surface area (Å²) >= 11 is 0. The number of benzene rings is 2. The number of hydrogen-bond acceptors (Lipinski definition) is 0. The van der Waals surface area contributed by atoms with Gasteiger partial charge in [-0.2, -0.15) is 9.13 Å². The van der Waals surface area contributed by atoms with E-state index in [4.69, 9.17) is 0 Å². The van der Waals surface area contributed by atoms with Crippen molar-refractivity contribution in [3.05, 3.63) is 95.7 Å². The lowest BCUT2D eigenvalue weighted by atomic mass is 9.95. The Balaban J connectivity index is 2.05. The minimum Gasteiger partial charge on any atom is -0.196 e. The predicted octanol–water partition coefficient (Wildman–Crippen LogP) is 5.26. The van der Waals surface area contributed by atoms with Crippen LogP contribution < -0.4 is 9.13 Å². The fourth-order valence-corrected chi connectivity index (χ4v) is 4.11. The molecule has 29 heavy (non-hydrogen) atoms.